The number of benzene rings is 7. The lowest BCUT2D eigenvalue weighted by Gasteiger charge is -2.21. The fourth-order valence-corrected chi connectivity index (χ4v) is 9.01. The van der Waals surface area contributed by atoms with Gasteiger partial charge >= 0.3 is 0 Å². The van der Waals surface area contributed by atoms with Crippen LogP contribution in [0, 0.1) is 0 Å². The van der Waals surface area contributed by atoms with E-state index in [4.69, 9.17) is 18.8 Å². The van der Waals surface area contributed by atoms with E-state index in [1.807, 2.05) is 48.7 Å². The largest absolute Gasteiger partial charge is 0.504 e. The Hall–Kier alpha value is -7.44. The molecule has 0 saturated carbocycles. The minimum Gasteiger partial charge on any atom is -0.504 e. The number of hydrogen-bond donors (Lipinski definition) is 1. The molecule has 6 heteroatoms. The van der Waals surface area contributed by atoms with E-state index in [0.717, 1.165) is 93.4 Å². The SMILES string of the molecule is CC(C)(C)c1cc(-c2cc(-c3ccccc3)ccn2)cc(-c2cccc3c2nc2c4c(O)c5oc6ccc7ccccc7c6c5cc4c4c5ccccc5oc4n32)c1. The number of phenolic OH excluding ortho intramolecular Hbond substituents is 1. The van der Waals surface area contributed by atoms with Crippen LogP contribution in [0.5, 0.6) is 5.75 Å². The molecule has 0 unspecified atom stereocenters. The zero-order chi connectivity index (χ0) is 38.9. The van der Waals surface area contributed by atoms with Gasteiger partial charge in [0.25, 0.3) is 0 Å². The van der Waals surface area contributed by atoms with Gasteiger partial charge in [0.1, 0.15) is 11.2 Å². The van der Waals surface area contributed by atoms with Gasteiger partial charge in [-0.15, -0.1) is 0 Å². The Kier molecular flexibility index (Phi) is 6.66. The molecule has 0 radical (unpaired) electrons. The summed E-state index contributed by atoms with van der Waals surface area (Å²) in [7, 11) is 0. The van der Waals surface area contributed by atoms with E-state index in [9.17, 15) is 5.11 Å². The van der Waals surface area contributed by atoms with E-state index in [2.05, 4.69) is 128 Å². The van der Waals surface area contributed by atoms with Gasteiger partial charge in [-0.3, -0.25) is 9.38 Å². The fraction of sp³-hybridized carbons (Fsp3) is 0.0769. The Labute approximate surface area is 332 Å². The Bertz CT molecular complexity index is 3680. The summed E-state index contributed by atoms with van der Waals surface area (Å²) in [5.74, 6) is 0.0585. The van der Waals surface area contributed by atoms with Gasteiger partial charge in [-0.25, -0.2) is 4.98 Å². The lowest BCUT2D eigenvalue weighted by molar-refractivity contribution is 0.475. The van der Waals surface area contributed by atoms with Crippen molar-refractivity contribution in [2.45, 2.75) is 26.2 Å². The summed E-state index contributed by atoms with van der Waals surface area (Å²) in [5, 5.41) is 19.8. The van der Waals surface area contributed by atoms with Gasteiger partial charge in [0, 0.05) is 38.9 Å². The number of pyridine rings is 2. The second kappa shape index (κ2) is 11.8. The molecule has 1 N–H and O–H groups in total. The van der Waals surface area contributed by atoms with Gasteiger partial charge in [-0.05, 0) is 87.0 Å². The third-order valence-electron chi connectivity index (χ3n) is 11.9. The number of rotatable bonds is 3. The first-order valence-corrected chi connectivity index (χ1v) is 19.6. The van der Waals surface area contributed by atoms with E-state index in [-0.39, 0.29) is 11.2 Å². The van der Waals surface area contributed by atoms with Crippen molar-refractivity contribution in [1.82, 2.24) is 14.4 Å². The molecular formula is C52H35N3O3. The number of para-hydroxylation sites is 2. The topological polar surface area (TPSA) is 76.7 Å². The highest BCUT2D eigenvalue weighted by atomic mass is 16.4. The number of furan rings is 2. The highest BCUT2D eigenvalue weighted by Crippen LogP contribution is 2.48. The molecular weight excluding hydrogens is 715 g/mol. The Balaban J connectivity index is 1.18. The van der Waals surface area contributed by atoms with Crippen molar-refractivity contribution in [3.8, 4) is 39.3 Å². The van der Waals surface area contributed by atoms with Crippen LogP contribution in [0.4, 0.5) is 0 Å². The van der Waals surface area contributed by atoms with Crippen molar-refractivity contribution in [1.29, 1.82) is 0 Å². The van der Waals surface area contributed by atoms with Gasteiger partial charge in [0.05, 0.1) is 27.5 Å². The van der Waals surface area contributed by atoms with Crippen LogP contribution in [0.3, 0.4) is 0 Å². The minimum atomic E-state index is -0.139. The fourth-order valence-electron chi connectivity index (χ4n) is 9.01. The summed E-state index contributed by atoms with van der Waals surface area (Å²) >= 11 is 0. The molecule has 0 spiro atoms. The lowest BCUT2D eigenvalue weighted by atomic mass is 9.83. The molecule has 12 rings (SSSR count). The molecule has 0 aliphatic carbocycles. The smallest absolute Gasteiger partial charge is 0.215 e. The van der Waals surface area contributed by atoms with Crippen LogP contribution in [-0.4, -0.2) is 19.5 Å². The number of imidazole rings is 1. The van der Waals surface area contributed by atoms with E-state index in [1.54, 1.807) is 0 Å². The minimum absolute atomic E-state index is 0.0585. The van der Waals surface area contributed by atoms with Crippen LogP contribution in [0.15, 0.2) is 161 Å². The molecule has 0 saturated heterocycles. The predicted octanol–water partition coefficient (Wildman–Crippen LogP) is 14.0. The number of nitrogens with zero attached hydrogens (tertiary/aromatic N) is 3. The number of hydrogen-bond acceptors (Lipinski definition) is 5. The summed E-state index contributed by atoms with van der Waals surface area (Å²) < 4.78 is 15.4. The molecule has 0 atom stereocenters. The van der Waals surface area contributed by atoms with Gasteiger partial charge in [0.2, 0.25) is 5.71 Å². The standard InChI is InChI=1S/C52H35N3O3/c1-52(2,3)34-25-32(24-33(26-34)40-27-31(22-23-53-40)29-12-5-4-6-13-29)36-17-11-18-41-47(36)54-50-46-38(45-37-16-9-10-19-42(37)58-51(45)55(41)50)28-39-44-35-15-8-7-14-30(35)20-21-43(44)57-49(39)48(46)56/h4-28,56H,1-3H3. The molecule has 12 aromatic rings. The summed E-state index contributed by atoms with van der Waals surface area (Å²) in [6, 6.07) is 50.3. The van der Waals surface area contributed by atoms with Crippen molar-refractivity contribution in [3.05, 3.63) is 157 Å². The summed E-state index contributed by atoms with van der Waals surface area (Å²) in [4.78, 5) is 10.3. The lowest BCUT2D eigenvalue weighted by Crippen LogP contribution is -2.11. The van der Waals surface area contributed by atoms with Crippen molar-refractivity contribution >= 4 is 82.2 Å². The van der Waals surface area contributed by atoms with Gasteiger partial charge in [0.15, 0.2) is 17.0 Å². The number of aromatic nitrogens is 3. The van der Waals surface area contributed by atoms with Crippen LogP contribution in [-0.2, 0) is 5.41 Å². The number of phenols is 1. The van der Waals surface area contributed by atoms with Crippen molar-refractivity contribution in [2.75, 3.05) is 0 Å². The maximum absolute atomic E-state index is 12.5. The van der Waals surface area contributed by atoms with Gasteiger partial charge in [-0.1, -0.05) is 118 Å². The first-order valence-electron chi connectivity index (χ1n) is 19.6. The van der Waals surface area contributed by atoms with E-state index < -0.39 is 0 Å². The second-order valence-electron chi connectivity index (χ2n) is 16.4. The van der Waals surface area contributed by atoms with Crippen LogP contribution in [0.2, 0.25) is 0 Å². The van der Waals surface area contributed by atoms with E-state index >= 15 is 0 Å². The molecule has 7 aromatic carbocycles. The normalized spacial score (nSPS) is 12.5. The van der Waals surface area contributed by atoms with E-state index in [1.165, 1.54) is 5.56 Å². The van der Waals surface area contributed by atoms with Crippen LogP contribution in [0.1, 0.15) is 26.3 Å². The first-order chi connectivity index (χ1) is 28.3. The zero-order valence-electron chi connectivity index (χ0n) is 32.0. The molecule has 0 amide bonds. The first kappa shape index (κ1) is 32.8. The molecule has 0 aliphatic rings. The maximum atomic E-state index is 12.5. The van der Waals surface area contributed by atoms with Crippen molar-refractivity contribution in [3.63, 3.8) is 0 Å². The molecule has 6 nitrogen and oxygen atoms in total. The highest BCUT2D eigenvalue weighted by Gasteiger charge is 2.26. The van der Waals surface area contributed by atoms with E-state index in [0.29, 0.717) is 22.3 Å². The zero-order valence-corrected chi connectivity index (χ0v) is 32.0. The maximum Gasteiger partial charge on any atom is 0.215 e. The average molecular weight is 750 g/mol. The summed E-state index contributed by atoms with van der Waals surface area (Å²) in [6.07, 6.45) is 1.89. The van der Waals surface area contributed by atoms with Crippen molar-refractivity contribution in [2.24, 2.45) is 0 Å². The predicted molar refractivity (Wildman–Crippen MR) is 237 cm³/mol. The third kappa shape index (κ3) is 4.66. The van der Waals surface area contributed by atoms with Gasteiger partial charge in [-0.2, -0.15) is 0 Å². The van der Waals surface area contributed by atoms with Crippen LogP contribution >= 0.6 is 0 Å². The molecule has 58 heavy (non-hydrogen) atoms. The van der Waals surface area contributed by atoms with Crippen molar-refractivity contribution < 1.29 is 13.9 Å². The Morgan fingerprint density at radius 1 is 0.569 bits per heavy atom. The Morgan fingerprint density at radius 2 is 1.36 bits per heavy atom. The quantitative estimate of drug-likeness (QED) is 0.195. The van der Waals surface area contributed by atoms with Crippen LogP contribution < -0.4 is 0 Å². The molecule has 276 valence electrons. The second-order valence-corrected chi connectivity index (χ2v) is 16.4. The Morgan fingerprint density at radius 3 is 2.22 bits per heavy atom. The molecule has 0 fully saturated rings. The number of fused-ring (bicyclic) bond motifs is 15. The number of aromatic hydroxyl groups is 1. The molecule has 5 aromatic heterocycles. The summed E-state index contributed by atoms with van der Waals surface area (Å²) in [6.45, 7) is 6.72. The summed E-state index contributed by atoms with van der Waals surface area (Å²) in [5.41, 5.74) is 12.1. The van der Waals surface area contributed by atoms with Crippen LogP contribution in [0.25, 0.3) is 116 Å². The van der Waals surface area contributed by atoms with Gasteiger partial charge < -0.3 is 13.9 Å². The molecule has 0 bridgehead atoms. The molecule has 5 heterocycles. The molecule has 0 aliphatic heterocycles. The monoisotopic (exact) mass is 749 g/mol. The highest BCUT2D eigenvalue weighted by molar-refractivity contribution is 6.30. The third-order valence-corrected chi connectivity index (χ3v) is 11.9. The average Bonchev–Trinajstić information content (AvgIpc) is 3.96.